The number of aromatic nitrogens is 1. The first-order valence-corrected chi connectivity index (χ1v) is 7.94. The van der Waals surface area contributed by atoms with Gasteiger partial charge in [0.05, 0.1) is 18.5 Å². The largest absolute Gasteiger partial charge is 0.395 e. The molecule has 22 heavy (non-hydrogen) atoms. The summed E-state index contributed by atoms with van der Waals surface area (Å²) in [6, 6.07) is 4.08. The van der Waals surface area contributed by atoms with Gasteiger partial charge in [-0.1, -0.05) is 20.8 Å². The van der Waals surface area contributed by atoms with E-state index in [1.807, 2.05) is 24.0 Å². The average molecular weight is 305 g/mol. The van der Waals surface area contributed by atoms with Gasteiger partial charge in [-0.25, -0.2) is 0 Å². The minimum Gasteiger partial charge on any atom is -0.395 e. The molecule has 1 saturated heterocycles. The van der Waals surface area contributed by atoms with Crippen LogP contribution in [0.3, 0.4) is 0 Å². The summed E-state index contributed by atoms with van der Waals surface area (Å²) < 4.78 is 0. The van der Waals surface area contributed by atoms with Crippen molar-refractivity contribution in [1.29, 1.82) is 0 Å². The van der Waals surface area contributed by atoms with Gasteiger partial charge in [0, 0.05) is 43.2 Å². The van der Waals surface area contributed by atoms with Crippen molar-refractivity contribution in [2.75, 3.05) is 31.1 Å². The Kier molecular flexibility index (Phi) is 5.19. The Morgan fingerprint density at radius 3 is 2.55 bits per heavy atom. The van der Waals surface area contributed by atoms with E-state index in [-0.39, 0.29) is 24.0 Å². The van der Waals surface area contributed by atoms with E-state index in [2.05, 4.69) is 30.7 Å². The molecule has 122 valence electrons. The van der Waals surface area contributed by atoms with Crippen molar-refractivity contribution in [3.8, 4) is 0 Å². The summed E-state index contributed by atoms with van der Waals surface area (Å²) >= 11 is 0. The first-order valence-electron chi connectivity index (χ1n) is 7.94. The minimum absolute atomic E-state index is 0.00861. The molecule has 5 nitrogen and oxygen atoms in total. The fourth-order valence-corrected chi connectivity index (χ4v) is 2.66. The van der Waals surface area contributed by atoms with E-state index in [1.165, 1.54) is 0 Å². The first kappa shape index (κ1) is 16.9. The lowest BCUT2D eigenvalue weighted by molar-refractivity contribution is -0.118. The average Bonchev–Trinajstić information content (AvgIpc) is 2.68. The molecule has 0 unspecified atom stereocenters. The van der Waals surface area contributed by atoms with Crippen molar-refractivity contribution in [3.05, 3.63) is 24.0 Å². The Balaban J connectivity index is 2.13. The van der Waals surface area contributed by atoms with Crippen LogP contribution >= 0.6 is 0 Å². The van der Waals surface area contributed by atoms with Crippen LogP contribution in [0.5, 0.6) is 0 Å². The van der Waals surface area contributed by atoms with Crippen LogP contribution in [0.2, 0.25) is 0 Å². The second-order valence-electron chi connectivity index (χ2n) is 7.01. The summed E-state index contributed by atoms with van der Waals surface area (Å²) in [6.45, 7) is 10.6. The third-order valence-corrected chi connectivity index (χ3v) is 4.24. The lowest BCUT2D eigenvalue weighted by atomic mass is 9.92. The molecule has 1 atom stereocenters. The number of hydrogen-bond acceptors (Lipinski definition) is 4. The van der Waals surface area contributed by atoms with Gasteiger partial charge in [0.1, 0.15) is 0 Å². The topological polar surface area (TPSA) is 56.7 Å². The summed E-state index contributed by atoms with van der Waals surface area (Å²) in [7, 11) is 0. The predicted molar refractivity (Wildman–Crippen MR) is 88.0 cm³/mol. The van der Waals surface area contributed by atoms with E-state index < -0.39 is 0 Å². The number of anilines is 1. The van der Waals surface area contributed by atoms with Gasteiger partial charge in [-0.2, -0.15) is 0 Å². The molecule has 1 aliphatic rings. The number of nitrogens with zero attached hydrogens (tertiary/aromatic N) is 3. The molecule has 1 aromatic rings. The number of carbonyl (C=O) groups is 1. The summed E-state index contributed by atoms with van der Waals surface area (Å²) in [6.07, 6.45) is 2.27. The summed E-state index contributed by atoms with van der Waals surface area (Å²) in [5, 5.41) is 9.28. The number of rotatable bonds is 3. The third-order valence-electron chi connectivity index (χ3n) is 4.24. The molecule has 5 heteroatoms. The number of hydrogen-bond donors (Lipinski definition) is 1. The van der Waals surface area contributed by atoms with Crippen molar-refractivity contribution in [3.63, 3.8) is 0 Å². The SMILES string of the molecule is C[C@@H](CO)N1CCC(=O)N(c2ccc(C(C)(C)C)nc2)CC1. The lowest BCUT2D eigenvalue weighted by Gasteiger charge is -2.26. The van der Waals surface area contributed by atoms with E-state index in [0.717, 1.165) is 17.9 Å². The van der Waals surface area contributed by atoms with Crippen LogP contribution in [0.15, 0.2) is 18.3 Å². The Bertz CT molecular complexity index is 508. The molecule has 0 aromatic carbocycles. The van der Waals surface area contributed by atoms with Crippen LogP contribution in [0.25, 0.3) is 0 Å². The normalized spacial score (nSPS) is 19.1. The van der Waals surface area contributed by atoms with Gasteiger partial charge in [0.25, 0.3) is 0 Å². The Morgan fingerprint density at radius 2 is 2.00 bits per heavy atom. The zero-order chi connectivity index (χ0) is 16.3. The van der Waals surface area contributed by atoms with Crippen LogP contribution < -0.4 is 4.90 Å². The van der Waals surface area contributed by atoms with Gasteiger partial charge in [-0.05, 0) is 19.1 Å². The zero-order valence-corrected chi connectivity index (χ0v) is 14.0. The second-order valence-corrected chi connectivity index (χ2v) is 7.01. The van der Waals surface area contributed by atoms with Gasteiger partial charge in [-0.3, -0.25) is 14.7 Å². The van der Waals surface area contributed by atoms with Gasteiger partial charge in [-0.15, -0.1) is 0 Å². The Morgan fingerprint density at radius 1 is 1.27 bits per heavy atom. The molecule has 1 aliphatic heterocycles. The van der Waals surface area contributed by atoms with Crippen molar-refractivity contribution in [2.45, 2.75) is 45.6 Å². The van der Waals surface area contributed by atoms with E-state index in [0.29, 0.717) is 19.5 Å². The standard InChI is InChI=1S/C17H27N3O2/c1-13(12-21)19-8-7-16(22)20(10-9-19)14-5-6-15(18-11-14)17(2,3)4/h5-6,11,13,21H,7-10,12H2,1-4H3/t13-/m0/s1. The molecular formula is C17H27N3O2. The van der Waals surface area contributed by atoms with Crippen LogP contribution in [-0.2, 0) is 10.2 Å². The van der Waals surface area contributed by atoms with E-state index in [1.54, 1.807) is 6.20 Å². The number of amides is 1. The number of pyridine rings is 1. The maximum Gasteiger partial charge on any atom is 0.228 e. The van der Waals surface area contributed by atoms with Crippen molar-refractivity contribution in [2.24, 2.45) is 0 Å². The molecule has 2 rings (SSSR count). The molecule has 1 N–H and O–H groups in total. The fraction of sp³-hybridized carbons (Fsp3) is 0.647. The molecule has 0 bridgehead atoms. The van der Waals surface area contributed by atoms with Gasteiger partial charge >= 0.3 is 0 Å². The van der Waals surface area contributed by atoms with Crippen LogP contribution in [0, 0.1) is 0 Å². The van der Waals surface area contributed by atoms with E-state index in [4.69, 9.17) is 0 Å². The molecule has 0 saturated carbocycles. The van der Waals surface area contributed by atoms with Crippen molar-refractivity contribution < 1.29 is 9.90 Å². The van der Waals surface area contributed by atoms with Crippen LogP contribution in [0.1, 0.15) is 39.8 Å². The lowest BCUT2D eigenvalue weighted by Crippen LogP contribution is -2.39. The molecule has 0 radical (unpaired) electrons. The molecule has 1 fully saturated rings. The van der Waals surface area contributed by atoms with Gasteiger partial charge < -0.3 is 10.0 Å². The molecule has 2 heterocycles. The van der Waals surface area contributed by atoms with Crippen molar-refractivity contribution in [1.82, 2.24) is 9.88 Å². The molecule has 1 aromatic heterocycles. The number of aliphatic hydroxyl groups excluding tert-OH is 1. The van der Waals surface area contributed by atoms with E-state index >= 15 is 0 Å². The fourth-order valence-electron chi connectivity index (χ4n) is 2.66. The quantitative estimate of drug-likeness (QED) is 0.925. The smallest absolute Gasteiger partial charge is 0.228 e. The maximum atomic E-state index is 12.4. The van der Waals surface area contributed by atoms with Crippen LogP contribution in [0.4, 0.5) is 5.69 Å². The van der Waals surface area contributed by atoms with Gasteiger partial charge in [0.15, 0.2) is 0 Å². The Hall–Kier alpha value is -1.46. The molecule has 1 amide bonds. The molecule has 0 spiro atoms. The highest BCUT2D eigenvalue weighted by Gasteiger charge is 2.25. The molecular weight excluding hydrogens is 278 g/mol. The maximum absolute atomic E-state index is 12.4. The van der Waals surface area contributed by atoms with E-state index in [9.17, 15) is 9.90 Å². The summed E-state index contributed by atoms with van der Waals surface area (Å²) in [5.41, 5.74) is 1.89. The third kappa shape index (κ3) is 3.84. The first-order chi connectivity index (χ1) is 10.3. The monoisotopic (exact) mass is 305 g/mol. The number of carbonyl (C=O) groups excluding carboxylic acids is 1. The Labute approximate surface area is 132 Å². The highest BCUT2D eigenvalue weighted by molar-refractivity contribution is 5.93. The van der Waals surface area contributed by atoms with Gasteiger partial charge in [0.2, 0.25) is 5.91 Å². The predicted octanol–water partition coefficient (Wildman–Crippen LogP) is 1.80. The number of aliphatic hydroxyl groups is 1. The highest BCUT2D eigenvalue weighted by Crippen LogP contribution is 2.23. The minimum atomic E-state index is 0.00861. The van der Waals surface area contributed by atoms with Crippen molar-refractivity contribution >= 4 is 11.6 Å². The highest BCUT2D eigenvalue weighted by atomic mass is 16.3. The zero-order valence-electron chi connectivity index (χ0n) is 14.0. The summed E-state index contributed by atoms with van der Waals surface area (Å²) in [5.74, 6) is 0.123. The summed E-state index contributed by atoms with van der Waals surface area (Å²) in [4.78, 5) is 20.8. The molecule has 0 aliphatic carbocycles. The second kappa shape index (κ2) is 6.75. The van der Waals surface area contributed by atoms with Crippen LogP contribution in [-0.4, -0.2) is 53.2 Å².